The molecule has 0 aliphatic rings. The van der Waals surface area contributed by atoms with Crippen LogP contribution in [-0.4, -0.2) is 4.98 Å². The van der Waals surface area contributed by atoms with Crippen LogP contribution in [0, 0.1) is 6.85 Å². The summed E-state index contributed by atoms with van der Waals surface area (Å²) in [6, 6.07) is 39.9. The SMILES string of the molecule is [2H]C([2H])([2H])c1cnc2cc1c1cccc(c1)c1cccc(c1)c1cc3c(ccc4c5cccc2c5oc34)c2ccccc12. The summed E-state index contributed by atoms with van der Waals surface area (Å²) in [5, 5.41) is 13.2. The monoisotopic (exact) mass is 512 g/mol. The topological polar surface area (TPSA) is 26.0 Å². The number of aromatic nitrogens is 1. The average Bonchev–Trinajstić information content (AvgIpc) is 3.43. The predicted molar refractivity (Wildman–Crippen MR) is 170 cm³/mol. The number of nitrogens with zero attached hydrogens (tertiary/aromatic N) is 1. The minimum atomic E-state index is -2.32. The van der Waals surface area contributed by atoms with Crippen LogP contribution in [0.2, 0.25) is 0 Å². The van der Waals surface area contributed by atoms with Crippen molar-refractivity contribution in [2.75, 3.05) is 0 Å². The van der Waals surface area contributed by atoms with Crippen LogP contribution in [0.5, 0.6) is 0 Å². The molecule has 2 nitrogen and oxygen atoms in total. The fourth-order valence-electron chi connectivity index (χ4n) is 6.45. The lowest BCUT2D eigenvalue weighted by Gasteiger charge is -2.08. The molecule has 0 saturated carbocycles. The Balaban J connectivity index is 1.62. The van der Waals surface area contributed by atoms with Crippen LogP contribution in [0.3, 0.4) is 0 Å². The van der Waals surface area contributed by atoms with Crippen LogP contribution < -0.4 is 0 Å². The molecule has 0 saturated heterocycles. The third-order valence-electron chi connectivity index (χ3n) is 8.36. The zero-order chi connectivity index (χ0) is 28.9. The molecule has 3 aromatic heterocycles. The first-order chi connectivity index (χ1) is 20.9. The highest BCUT2D eigenvalue weighted by Gasteiger charge is 2.15. The van der Waals surface area contributed by atoms with Crippen LogP contribution in [-0.2, 0) is 0 Å². The second-order valence-corrected chi connectivity index (χ2v) is 10.6. The summed E-state index contributed by atoms with van der Waals surface area (Å²) in [7, 11) is 0. The molecule has 0 unspecified atom stereocenters. The van der Waals surface area contributed by atoms with E-state index in [1.165, 1.54) is 17.0 Å². The van der Waals surface area contributed by atoms with E-state index >= 15 is 0 Å². The van der Waals surface area contributed by atoms with Gasteiger partial charge in [0.15, 0.2) is 0 Å². The Kier molecular flexibility index (Phi) is 3.74. The summed E-state index contributed by atoms with van der Waals surface area (Å²) in [5.41, 5.74) is 2.47. The molecule has 0 N–H and O–H groups in total. The Morgan fingerprint density at radius 2 is 1.05 bits per heavy atom. The number of aryl methyl sites for hydroxylation is 1. The van der Waals surface area contributed by atoms with E-state index in [2.05, 4.69) is 84.9 Å². The number of hydrogen-bond acceptors (Lipinski definition) is 2. The number of fused-ring (bicyclic) bond motifs is 15. The fraction of sp³-hybridized carbons (Fsp3) is 0.0263. The van der Waals surface area contributed by atoms with Crippen LogP contribution in [0.25, 0.3) is 86.7 Å². The summed E-state index contributed by atoms with van der Waals surface area (Å²) in [5.74, 6) is 0. The fourth-order valence-corrected chi connectivity index (χ4v) is 6.45. The molecule has 10 bridgehead atoms. The van der Waals surface area contributed by atoms with Gasteiger partial charge in [-0.1, -0.05) is 78.9 Å². The van der Waals surface area contributed by atoms with Crippen molar-refractivity contribution in [3.63, 3.8) is 0 Å². The van der Waals surface area contributed by atoms with Crippen LogP contribution in [0.15, 0.2) is 126 Å². The average molecular weight is 513 g/mol. The van der Waals surface area contributed by atoms with E-state index in [0.29, 0.717) is 10.9 Å². The molecule has 9 rings (SSSR count). The highest BCUT2D eigenvalue weighted by atomic mass is 16.3. The summed E-state index contributed by atoms with van der Waals surface area (Å²) in [4.78, 5) is 4.69. The maximum absolute atomic E-state index is 8.30. The van der Waals surface area contributed by atoms with Gasteiger partial charge in [0.1, 0.15) is 11.2 Å². The van der Waals surface area contributed by atoms with Crippen molar-refractivity contribution < 1.29 is 8.53 Å². The normalized spacial score (nSPS) is 13.6. The van der Waals surface area contributed by atoms with Crippen molar-refractivity contribution in [3.8, 4) is 0 Å². The van der Waals surface area contributed by atoms with E-state index in [-0.39, 0.29) is 5.56 Å². The third-order valence-corrected chi connectivity index (χ3v) is 8.36. The van der Waals surface area contributed by atoms with E-state index in [0.717, 1.165) is 65.0 Å². The van der Waals surface area contributed by atoms with Gasteiger partial charge < -0.3 is 4.42 Å². The van der Waals surface area contributed by atoms with Crippen molar-refractivity contribution in [1.82, 2.24) is 4.98 Å². The molecule has 0 radical (unpaired) electrons. The van der Waals surface area contributed by atoms with Gasteiger partial charge in [-0.15, -0.1) is 0 Å². The molecule has 0 aliphatic carbocycles. The molecule has 6 aromatic carbocycles. The Hall–Kier alpha value is -5.21. The Morgan fingerprint density at radius 3 is 1.85 bits per heavy atom. The molecule has 40 heavy (non-hydrogen) atoms. The first-order valence-corrected chi connectivity index (χ1v) is 13.5. The first-order valence-electron chi connectivity index (χ1n) is 15.0. The van der Waals surface area contributed by atoms with Gasteiger partial charge in [0.2, 0.25) is 0 Å². The lowest BCUT2D eigenvalue weighted by Crippen LogP contribution is -1.82. The minimum absolute atomic E-state index is 0.225. The third kappa shape index (κ3) is 2.96. The number of benzene rings is 6. The van der Waals surface area contributed by atoms with Gasteiger partial charge in [0.25, 0.3) is 0 Å². The summed E-state index contributed by atoms with van der Waals surface area (Å²) in [6.45, 7) is -2.32. The van der Waals surface area contributed by atoms with Crippen molar-refractivity contribution in [2.45, 2.75) is 6.85 Å². The largest absolute Gasteiger partial charge is 0.455 e. The van der Waals surface area contributed by atoms with Crippen LogP contribution >= 0.6 is 0 Å². The molecule has 0 atom stereocenters. The summed E-state index contributed by atoms with van der Waals surface area (Å²) in [6.07, 6.45) is 1.50. The van der Waals surface area contributed by atoms with Crippen LogP contribution in [0.1, 0.15) is 9.68 Å². The van der Waals surface area contributed by atoms with Gasteiger partial charge in [0, 0.05) is 31.9 Å². The Bertz CT molecular complexity index is 2670. The predicted octanol–water partition coefficient (Wildman–Crippen LogP) is 10.8. The second kappa shape index (κ2) is 7.91. The summed E-state index contributed by atoms with van der Waals surface area (Å²) < 4.78 is 31.7. The molecule has 2 heteroatoms. The summed E-state index contributed by atoms with van der Waals surface area (Å²) >= 11 is 0. The maximum atomic E-state index is 8.30. The van der Waals surface area contributed by atoms with Gasteiger partial charge in [-0.3, -0.25) is 4.98 Å². The quantitative estimate of drug-likeness (QED) is 0.189. The number of para-hydroxylation sites is 1. The van der Waals surface area contributed by atoms with Gasteiger partial charge in [-0.2, -0.15) is 0 Å². The van der Waals surface area contributed by atoms with Crippen molar-refractivity contribution in [2.24, 2.45) is 0 Å². The molecular weight excluding hydrogens is 486 g/mol. The molecule has 3 heterocycles. The molecule has 0 amide bonds. The highest BCUT2D eigenvalue weighted by Crippen LogP contribution is 2.40. The number of hydrogen-bond donors (Lipinski definition) is 0. The zero-order valence-electron chi connectivity index (χ0n) is 24.4. The van der Waals surface area contributed by atoms with Gasteiger partial charge in [0.05, 0.1) is 5.52 Å². The number of rotatable bonds is 0. The maximum Gasteiger partial charge on any atom is 0.144 e. The molecule has 9 aromatic rings. The highest BCUT2D eigenvalue weighted by molar-refractivity contribution is 6.27. The van der Waals surface area contributed by atoms with Crippen molar-refractivity contribution >= 4 is 86.7 Å². The first kappa shape index (κ1) is 18.9. The van der Waals surface area contributed by atoms with Crippen LogP contribution in [0.4, 0.5) is 0 Å². The van der Waals surface area contributed by atoms with E-state index in [9.17, 15) is 0 Å². The van der Waals surface area contributed by atoms with Crippen molar-refractivity contribution in [3.05, 3.63) is 127 Å². The number of furan rings is 1. The zero-order valence-corrected chi connectivity index (χ0v) is 21.4. The minimum Gasteiger partial charge on any atom is -0.455 e. The van der Waals surface area contributed by atoms with E-state index in [1.54, 1.807) is 0 Å². The molecule has 0 fully saturated rings. The second-order valence-electron chi connectivity index (χ2n) is 10.6. The standard InChI is InChI=1S/C38H23NO/c1-22-21-39-36-20-33(22)25-9-4-7-23(17-25)24-8-5-10-26(18-24)34-19-35-29(27-11-2-3-12-28(27)34)15-16-31-30-13-6-14-32(36)37(30)40-38(31)35/h2-21H,1H3/i1D3. The molecular formula is C38H23NO. The number of pyridine rings is 1. The van der Waals surface area contributed by atoms with Gasteiger partial charge in [-0.05, 0) is 97.3 Å². The smallest absolute Gasteiger partial charge is 0.144 e. The molecule has 0 aliphatic heterocycles. The molecule has 186 valence electrons. The van der Waals surface area contributed by atoms with E-state index in [4.69, 9.17) is 13.5 Å². The molecule has 0 spiro atoms. The van der Waals surface area contributed by atoms with Crippen molar-refractivity contribution in [1.29, 1.82) is 0 Å². The van der Waals surface area contributed by atoms with E-state index < -0.39 is 6.85 Å². The van der Waals surface area contributed by atoms with E-state index in [1.807, 2.05) is 30.3 Å². The Morgan fingerprint density at radius 1 is 0.475 bits per heavy atom. The van der Waals surface area contributed by atoms with Gasteiger partial charge >= 0.3 is 0 Å². The van der Waals surface area contributed by atoms with Gasteiger partial charge in [-0.25, -0.2) is 0 Å². The lowest BCUT2D eigenvalue weighted by molar-refractivity contribution is 0.676. The lowest BCUT2D eigenvalue weighted by atomic mass is 9.95. The Labute approximate surface area is 233 Å².